The molecular formula is C43H52ClF2O6P. The molecule has 0 bridgehead atoms. The van der Waals surface area contributed by atoms with Gasteiger partial charge in [0, 0.05) is 38.2 Å². The SMILES string of the molecule is COc1c(C(C)(C)C)cc(P(=O)(c2cc(C(C)(C)C)c(OC)c(C(C)(C)C)c2)c2cc(Oc3ccccc3)c3c(c2Cl)OC(F)(F)O3)cc1C(C)(C)C. The summed E-state index contributed by atoms with van der Waals surface area (Å²) in [6.45, 7) is 24.8. The van der Waals surface area contributed by atoms with Crippen LogP contribution >= 0.6 is 18.7 Å². The Morgan fingerprint density at radius 2 is 1.00 bits per heavy atom. The first-order valence-corrected chi connectivity index (χ1v) is 19.8. The minimum absolute atomic E-state index is 0.0555. The van der Waals surface area contributed by atoms with Gasteiger partial charge in [0.2, 0.25) is 5.75 Å². The largest absolute Gasteiger partial charge is 0.586 e. The first kappa shape index (κ1) is 40.4. The molecule has 10 heteroatoms. The summed E-state index contributed by atoms with van der Waals surface area (Å²) in [6, 6.07) is 17.7. The first-order valence-electron chi connectivity index (χ1n) is 17.7. The van der Waals surface area contributed by atoms with Crippen molar-refractivity contribution in [3.8, 4) is 34.5 Å². The highest BCUT2D eigenvalue weighted by molar-refractivity contribution is 7.85. The number of para-hydroxylation sites is 1. The van der Waals surface area contributed by atoms with E-state index in [4.69, 9.17) is 35.3 Å². The van der Waals surface area contributed by atoms with E-state index in [2.05, 4.69) is 83.1 Å². The Morgan fingerprint density at radius 1 is 0.623 bits per heavy atom. The van der Waals surface area contributed by atoms with Gasteiger partial charge in [-0.15, -0.1) is 8.78 Å². The van der Waals surface area contributed by atoms with Crippen molar-refractivity contribution in [1.29, 1.82) is 0 Å². The summed E-state index contributed by atoms with van der Waals surface area (Å²) < 4.78 is 75.4. The smallest absolute Gasteiger partial charge is 0.496 e. The van der Waals surface area contributed by atoms with Crippen LogP contribution in [0.4, 0.5) is 8.78 Å². The summed E-state index contributed by atoms with van der Waals surface area (Å²) in [5, 5.41) is 0.671. The molecule has 4 aromatic carbocycles. The van der Waals surface area contributed by atoms with Crippen LogP contribution in [0.15, 0.2) is 60.7 Å². The number of alkyl halides is 2. The molecule has 0 atom stereocenters. The molecule has 5 rings (SSSR count). The monoisotopic (exact) mass is 768 g/mol. The van der Waals surface area contributed by atoms with Crippen molar-refractivity contribution in [3.63, 3.8) is 0 Å². The molecule has 0 unspecified atom stereocenters. The predicted octanol–water partition coefficient (Wildman–Crippen LogP) is 11.3. The third-order valence-electron chi connectivity index (χ3n) is 9.39. The average molecular weight is 769 g/mol. The molecule has 1 heterocycles. The van der Waals surface area contributed by atoms with Crippen molar-refractivity contribution in [2.75, 3.05) is 14.2 Å². The van der Waals surface area contributed by atoms with Gasteiger partial charge in [-0.3, -0.25) is 0 Å². The minimum atomic E-state index is -4.17. The van der Waals surface area contributed by atoms with Gasteiger partial charge >= 0.3 is 6.29 Å². The highest BCUT2D eigenvalue weighted by Gasteiger charge is 2.49. The van der Waals surface area contributed by atoms with Gasteiger partial charge in [0.05, 0.1) is 19.2 Å². The van der Waals surface area contributed by atoms with Crippen LogP contribution in [0, 0.1) is 0 Å². The van der Waals surface area contributed by atoms with Gasteiger partial charge in [-0.1, -0.05) is 113 Å². The minimum Gasteiger partial charge on any atom is -0.496 e. The molecule has 1 aliphatic rings. The first-order chi connectivity index (χ1) is 24.2. The highest BCUT2D eigenvalue weighted by Crippen LogP contribution is 2.57. The van der Waals surface area contributed by atoms with Crippen molar-refractivity contribution in [2.24, 2.45) is 0 Å². The number of benzene rings is 4. The number of hydrogen-bond acceptors (Lipinski definition) is 6. The van der Waals surface area contributed by atoms with Gasteiger partial charge in [-0.25, -0.2) is 0 Å². The van der Waals surface area contributed by atoms with E-state index in [-0.39, 0.29) is 21.8 Å². The summed E-state index contributed by atoms with van der Waals surface area (Å²) in [5.74, 6) is 0.752. The van der Waals surface area contributed by atoms with E-state index in [1.807, 2.05) is 24.3 Å². The number of halogens is 3. The topological polar surface area (TPSA) is 63.2 Å². The Hall–Kier alpha value is -3.74. The number of ether oxygens (including phenoxy) is 5. The molecule has 0 amide bonds. The van der Waals surface area contributed by atoms with Gasteiger partial charge in [0.15, 0.2) is 18.6 Å². The Bertz CT molecular complexity index is 1930. The Labute approximate surface area is 318 Å². The fourth-order valence-electron chi connectivity index (χ4n) is 6.63. The van der Waals surface area contributed by atoms with Gasteiger partial charge in [0.25, 0.3) is 0 Å². The zero-order valence-electron chi connectivity index (χ0n) is 33.3. The van der Waals surface area contributed by atoms with Crippen LogP contribution in [0.25, 0.3) is 0 Å². The molecule has 0 saturated carbocycles. The van der Waals surface area contributed by atoms with Crippen LogP contribution in [0.3, 0.4) is 0 Å². The fourth-order valence-corrected chi connectivity index (χ4v) is 9.95. The maximum absolute atomic E-state index is 17.0. The molecule has 53 heavy (non-hydrogen) atoms. The maximum Gasteiger partial charge on any atom is 0.586 e. The molecule has 0 saturated heterocycles. The molecular weight excluding hydrogens is 717 g/mol. The lowest BCUT2D eigenvalue weighted by molar-refractivity contribution is -0.287. The molecule has 0 fully saturated rings. The normalized spacial score (nSPS) is 14.7. The van der Waals surface area contributed by atoms with Gasteiger partial charge in [-0.05, 0) is 64.1 Å². The molecule has 0 radical (unpaired) electrons. The predicted molar refractivity (Wildman–Crippen MR) is 211 cm³/mol. The van der Waals surface area contributed by atoms with Crippen molar-refractivity contribution in [1.82, 2.24) is 0 Å². The van der Waals surface area contributed by atoms with Crippen LogP contribution in [0.1, 0.15) is 105 Å². The third-order valence-corrected chi connectivity index (χ3v) is 12.9. The molecule has 0 spiro atoms. The summed E-state index contributed by atoms with van der Waals surface area (Å²) in [7, 11) is -0.900. The van der Waals surface area contributed by atoms with E-state index in [0.717, 1.165) is 22.3 Å². The second-order valence-corrected chi connectivity index (χ2v) is 20.8. The number of rotatable bonds is 7. The summed E-state index contributed by atoms with van der Waals surface area (Å²) in [4.78, 5) is 0. The summed E-state index contributed by atoms with van der Waals surface area (Å²) >= 11 is 7.16. The lowest BCUT2D eigenvalue weighted by Crippen LogP contribution is -2.32. The fraction of sp³-hybridized carbons (Fsp3) is 0.442. The van der Waals surface area contributed by atoms with Crippen molar-refractivity contribution >= 4 is 34.7 Å². The van der Waals surface area contributed by atoms with Crippen LogP contribution < -0.4 is 39.6 Å². The van der Waals surface area contributed by atoms with Crippen molar-refractivity contribution < 1.29 is 37.0 Å². The van der Waals surface area contributed by atoms with Crippen LogP contribution in [-0.4, -0.2) is 20.5 Å². The van der Waals surface area contributed by atoms with E-state index in [9.17, 15) is 8.78 Å². The Balaban J connectivity index is 2.04. The molecule has 4 aromatic rings. The average Bonchev–Trinajstić information content (AvgIpc) is 3.39. The molecule has 1 aliphatic heterocycles. The molecule has 6 nitrogen and oxygen atoms in total. The zero-order chi connectivity index (χ0) is 39.7. The van der Waals surface area contributed by atoms with E-state index in [1.54, 1.807) is 44.6 Å². The Kier molecular flexibility index (Phi) is 10.3. The second-order valence-electron chi connectivity index (χ2n) is 17.7. The quantitative estimate of drug-likeness (QED) is 0.175. The summed E-state index contributed by atoms with van der Waals surface area (Å²) in [6.07, 6.45) is -4.04. The van der Waals surface area contributed by atoms with E-state index in [1.165, 1.54) is 6.07 Å². The van der Waals surface area contributed by atoms with Crippen LogP contribution in [0.2, 0.25) is 5.02 Å². The van der Waals surface area contributed by atoms with Crippen LogP contribution in [0.5, 0.6) is 34.5 Å². The van der Waals surface area contributed by atoms with E-state index < -0.39 is 40.8 Å². The molecule has 0 N–H and O–H groups in total. The molecule has 0 aromatic heterocycles. The van der Waals surface area contributed by atoms with Crippen LogP contribution in [-0.2, 0) is 26.2 Å². The van der Waals surface area contributed by atoms with E-state index >= 15 is 4.57 Å². The van der Waals surface area contributed by atoms with Gasteiger partial charge < -0.3 is 28.2 Å². The van der Waals surface area contributed by atoms with Crippen molar-refractivity contribution in [2.45, 2.75) is 111 Å². The Morgan fingerprint density at radius 3 is 1.36 bits per heavy atom. The van der Waals surface area contributed by atoms with Crippen molar-refractivity contribution in [3.05, 3.63) is 87.9 Å². The second kappa shape index (κ2) is 13.5. The lowest BCUT2D eigenvalue weighted by Gasteiger charge is -2.34. The molecule has 0 aliphatic carbocycles. The lowest BCUT2D eigenvalue weighted by atomic mass is 9.79. The standard InChI is InChI=1S/C43H52ClF2O6P/c1-39(2,3)28-20-26(21-29(35(28)48-13)40(4,5)6)53(47,27-22-30(41(7,8)9)36(49-14)31(23-27)42(10,11)12)33-24-32(50-25-18-16-15-17-19-25)37-38(34(33)44)52-43(45,46)51-37/h15-24H,1-14H3. The zero-order valence-corrected chi connectivity index (χ0v) is 35.0. The van der Waals surface area contributed by atoms with Gasteiger partial charge in [-0.2, -0.15) is 0 Å². The maximum atomic E-state index is 17.0. The van der Waals surface area contributed by atoms with E-state index in [0.29, 0.717) is 27.9 Å². The number of methoxy groups -OCH3 is 2. The number of hydrogen-bond donors (Lipinski definition) is 0. The molecule has 286 valence electrons. The number of fused-ring (bicyclic) bond motifs is 1. The summed E-state index contributed by atoms with van der Waals surface area (Å²) in [5.41, 5.74) is 1.48. The highest BCUT2D eigenvalue weighted by atomic mass is 35.5. The van der Waals surface area contributed by atoms with Gasteiger partial charge in [0.1, 0.15) is 17.2 Å². The third kappa shape index (κ3) is 7.64.